The van der Waals surface area contributed by atoms with Gasteiger partial charge in [0.25, 0.3) is 0 Å². The highest BCUT2D eigenvalue weighted by Gasteiger charge is 2.20. The number of methoxy groups -OCH3 is 2. The van der Waals surface area contributed by atoms with Crippen LogP contribution < -0.4 is 4.74 Å². The minimum absolute atomic E-state index is 0.0365. The summed E-state index contributed by atoms with van der Waals surface area (Å²) in [6.07, 6.45) is 1.54. The Balaban J connectivity index is 3.10. The highest BCUT2D eigenvalue weighted by molar-refractivity contribution is 5.98. The zero-order valence-electron chi connectivity index (χ0n) is 9.48. The van der Waals surface area contributed by atoms with Crippen molar-refractivity contribution in [1.82, 2.24) is 9.78 Å². The monoisotopic (exact) mass is 212 g/mol. The molecule has 1 heterocycles. The number of nitrogens with zero attached hydrogens (tertiary/aromatic N) is 2. The summed E-state index contributed by atoms with van der Waals surface area (Å²) in [6, 6.07) is 0.115. The minimum atomic E-state index is -0.124. The zero-order chi connectivity index (χ0) is 11.4. The van der Waals surface area contributed by atoms with Crippen LogP contribution in [0.15, 0.2) is 6.20 Å². The molecule has 0 aliphatic heterocycles. The van der Waals surface area contributed by atoms with Gasteiger partial charge in [0.15, 0.2) is 5.75 Å². The summed E-state index contributed by atoms with van der Waals surface area (Å²) in [5.41, 5.74) is 0.467. The van der Waals surface area contributed by atoms with E-state index in [1.54, 1.807) is 10.9 Å². The Morgan fingerprint density at radius 3 is 2.67 bits per heavy atom. The molecule has 0 amide bonds. The fourth-order valence-electron chi connectivity index (χ4n) is 1.35. The molecule has 15 heavy (non-hydrogen) atoms. The van der Waals surface area contributed by atoms with Gasteiger partial charge in [-0.05, 0) is 13.8 Å². The lowest BCUT2D eigenvalue weighted by Gasteiger charge is -2.10. The Labute approximate surface area is 89.0 Å². The van der Waals surface area contributed by atoms with Crippen LogP contribution in [0.25, 0.3) is 0 Å². The third-order valence-corrected chi connectivity index (χ3v) is 2.01. The van der Waals surface area contributed by atoms with Crippen LogP contribution in [0.4, 0.5) is 0 Å². The molecule has 1 aromatic heterocycles. The molecule has 0 unspecified atom stereocenters. The Kier molecular flexibility index (Phi) is 3.85. The number of carbonyl (C=O) groups is 1. The average molecular weight is 212 g/mol. The van der Waals surface area contributed by atoms with Gasteiger partial charge in [-0.3, -0.25) is 9.48 Å². The van der Waals surface area contributed by atoms with Crippen molar-refractivity contribution in [2.75, 3.05) is 20.8 Å². The average Bonchev–Trinajstić information content (AvgIpc) is 2.61. The second kappa shape index (κ2) is 4.93. The standard InChI is InChI=1S/C10H16N2O3/c1-7(2)12-10(8(13)6-14-3)9(15-4)5-11-12/h5,7H,6H2,1-4H3. The number of ketones is 1. The lowest BCUT2D eigenvalue weighted by atomic mass is 10.2. The number of hydrogen-bond acceptors (Lipinski definition) is 4. The summed E-state index contributed by atoms with van der Waals surface area (Å²) in [5.74, 6) is 0.367. The second-order valence-corrected chi connectivity index (χ2v) is 3.46. The lowest BCUT2D eigenvalue weighted by Crippen LogP contribution is -2.16. The van der Waals surface area contributed by atoms with E-state index in [1.165, 1.54) is 14.2 Å². The van der Waals surface area contributed by atoms with Crippen molar-refractivity contribution in [3.05, 3.63) is 11.9 Å². The molecule has 0 spiro atoms. The maximum absolute atomic E-state index is 11.7. The molecule has 0 fully saturated rings. The van der Waals surface area contributed by atoms with Crippen LogP contribution in [0, 0.1) is 0 Å². The second-order valence-electron chi connectivity index (χ2n) is 3.46. The smallest absolute Gasteiger partial charge is 0.210 e. The largest absolute Gasteiger partial charge is 0.493 e. The molecule has 1 rings (SSSR count). The van der Waals surface area contributed by atoms with E-state index in [9.17, 15) is 4.79 Å². The highest BCUT2D eigenvalue weighted by Crippen LogP contribution is 2.21. The first-order valence-electron chi connectivity index (χ1n) is 4.75. The summed E-state index contributed by atoms with van der Waals surface area (Å²) in [7, 11) is 3.01. The fraction of sp³-hybridized carbons (Fsp3) is 0.600. The first-order chi connectivity index (χ1) is 7.11. The van der Waals surface area contributed by atoms with Crippen molar-refractivity contribution in [2.45, 2.75) is 19.9 Å². The van der Waals surface area contributed by atoms with Crippen LogP contribution in [0.3, 0.4) is 0 Å². The highest BCUT2D eigenvalue weighted by atomic mass is 16.5. The summed E-state index contributed by atoms with van der Waals surface area (Å²) in [4.78, 5) is 11.7. The van der Waals surface area contributed by atoms with Gasteiger partial charge in [-0.15, -0.1) is 0 Å². The van der Waals surface area contributed by atoms with Gasteiger partial charge in [-0.1, -0.05) is 0 Å². The van der Waals surface area contributed by atoms with Crippen LogP contribution in [0.5, 0.6) is 5.75 Å². The fourth-order valence-corrected chi connectivity index (χ4v) is 1.35. The summed E-state index contributed by atoms with van der Waals surface area (Å²) < 4.78 is 11.5. The van der Waals surface area contributed by atoms with Crippen LogP contribution in [-0.2, 0) is 4.74 Å². The van der Waals surface area contributed by atoms with Gasteiger partial charge in [0.1, 0.15) is 12.3 Å². The Hall–Kier alpha value is -1.36. The van der Waals surface area contributed by atoms with E-state index < -0.39 is 0 Å². The van der Waals surface area contributed by atoms with E-state index in [1.807, 2.05) is 13.8 Å². The van der Waals surface area contributed by atoms with E-state index >= 15 is 0 Å². The van der Waals surface area contributed by atoms with E-state index in [-0.39, 0.29) is 18.4 Å². The molecule has 1 aromatic rings. The Morgan fingerprint density at radius 1 is 1.53 bits per heavy atom. The van der Waals surface area contributed by atoms with E-state index in [2.05, 4.69) is 5.10 Å². The van der Waals surface area contributed by atoms with Gasteiger partial charge < -0.3 is 9.47 Å². The molecule has 0 N–H and O–H groups in total. The molecule has 0 saturated heterocycles. The molecule has 5 nitrogen and oxygen atoms in total. The maximum atomic E-state index is 11.7. The molecule has 0 atom stereocenters. The van der Waals surface area contributed by atoms with Crippen molar-refractivity contribution in [3.8, 4) is 5.75 Å². The summed E-state index contributed by atoms with van der Waals surface area (Å²) in [5, 5.41) is 4.11. The molecular weight excluding hydrogens is 196 g/mol. The van der Waals surface area contributed by atoms with Gasteiger partial charge in [0, 0.05) is 13.2 Å². The Morgan fingerprint density at radius 2 is 2.20 bits per heavy atom. The summed E-state index contributed by atoms with van der Waals surface area (Å²) in [6.45, 7) is 3.95. The van der Waals surface area contributed by atoms with E-state index in [0.29, 0.717) is 11.4 Å². The number of rotatable bonds is 5. The Bertz CT molecular complexity index is 344. The molecule has 0 aliphatic carbocycles. The SMILES string of the molecule is COCC(=O)c1c(OC)cnn1C(C)C. The van der Waals surface area contributed by atoms with Crippen molar-refractivity contribution in [3.63, 3.8) is 0 Å². The van der Waals surface area contributed by atoms with E-state index in [4.69, 9.17) is 9.47 Å². The first-order valence-corrected chi connectivity index (χ1v) is 4.75. The number of Topliss-reactive ketones (excluding diaryl/α,β-unsaturated/α-hetero) is 1. The normalized spacial score (nSPS) is 10.7. The molecule has 0 aliphatic rings. The first kappa shape index (κ1) is 11.7. The quantitative estimate of drug-likeness (QED) is 0.690. The molecule has 5 heteroatoms. The lowest BCUT2D eigenvalue weighted by molar-refractivity contribution is 0.0832. The van der Waals surface area contributed by atoms with Crippen LogP contribution in [-0.4, -0.2) is 36.4 Å². The molecular formula is C10H16N2O3. The van der Waals surface area contributed by atoms with E-state index in [0.717, 1.165) is 0 Å². The molecule has 0 bridgehead atoms. The van der Waals surface area contributed by atoms with Gasteiger partial charge in [0.05, 0.1) is 13.3 Å². The van der Waals surface area contributed by atoms with Gasteiger partial charge in [0.2, 0.25) is 5.78 Å². The van der Waals surface area contributed by atoms with Gasteiger partial charge >= 0.3 is 0 Å². The molecule has 0 radical (unpaired) electrons. The molecule has 0 saturated carbocycles. The predicted octanol–water partition coefficient (Wildman–Crippen LogP) is 1.30. The van der Waals surface area contributed by atoms with Gasteiger partial charge in [-0.25, -0.2) is 0 Å². The summed E-state index contributed by atoms with van der Waals surface area (Å²) >= 11 is 0. The number of ether oxygens (including phenoxy) is 2. The zero-order valence-corrected chi connectivity index (χ0v) is 9.48. The van der Waals surface area contributed by atoms with Crippen LogP contribution >= 0.6 is 0 Å². The maximum Gasteiger partial charge on any atom is 0.210 e. The topological polar surface area (TPSA) is 53.4 Å². The number of hydrogen-bond donors (Lipinski definition) is 0. The number of aromatic nitrogens is 2. The van der Waals surface area contributed by atoms with Crippen LogP contribution in [0.2, 0.25) is 0 Å². The number of carbonyl (C=O) groups excluding carboxylic acids is 1. The van der Waals surface area contributed by atoms with Crippen molar-refractivity contribution in [1.29, 1.82) is 0 Å². The van der Waals surface area contributed by atoms with Gasteiger partial charge in [-0.2, -0.15) is 5.10 Å². The molecule has 0 aromatic carbocycles. The third-order valence-electron chi connectivity index (χ3n) is 2.01. The van der Waals surface area contributed by atoms with Crippen molar-refractivity contribution in [2.24, 2.45) is 0 Å². The predicted molar refractivity (Wildman–Crippen MR) is 55.4 cm³/mol. The minimum Gasteiger partial charge on any atom is -0.493 e. The third kappa shape index (κ3) is 2.36. The van der Waals surface area contributed by atoms with Crippen molar-refractivity contribution >= 4 is 5.78 Å². The van der Waals surface area contributed by atoms with Crippen LogP contribution in [0.1, 0.15) is 30.4 Å². The van der Waals surface area contributed by atoms with Crippen molar-refractivity contribution < 1.29 is 14.3 Å². The molecule has 84 valence electrons.